The lowest BCUT2D eigenvalue weighted by molar-refractivity contribution is -0.120. The van der Waals surface area contributed by atoms with Crippen molar-refractivity contribution in [2.24, 2.45) is 0 Å². The van der Waals surface area contributed by atoms with E-state index in [2.05, 4.69) is 44.3 Å². The summed E-state index contributed by atoms with van der Waals surface area (Å²) >= 11 is 1.62. The maximum Gasteiger partial charge on any atom is 0.268 e. The van der Waals surface area contributed by atoms with Gasteiger partial charge in [0.15, 0.2) is 4.87 Å². The van der Waals surface area contributed by atoms with Crippen LogP contribution in [0.4, 0.5) is 11.4 Å². The Bertz CT molecular complexity index is 944. The highest BCUT2D eigenvalue weighted by Gasteiger charge is 2.60. The minimum atomic E-state index is -0.803. The number of hydrogen-bond acceptors (Lipinski definition) is 4. The number of nitrogens with zero attached hydrogens (tertiary/aromatic N) is 1. The molecule has 3 aliphatic rings. The SMILES string of the molecule is CCOc1cc2c3c(c1)[C@]1(Nc4ccccc4S1)C(=O)N3C(C)(C)C[C@@H]2C. The molecule has 2 aromatic carbocycles. The van der Waals surface area contributed by atoms with Crippen molar-refractivity contribution in [3.8, 4) is 5.75 Å². The van der Waals surface area contributed by atoms with Gasteiger partial charge in [0.25, 0.3) is 5.91 Å². The summed E-state index contributed by atoms with van der Waals surface area (Å²) < 4.78 is 5.88. The van der Waals surface area contributed by atoms with Crippen molar-refractivity contribution in [1.29, 1.82) is 0 Å². The molecule has 0 aromatic heterocycles. The van der Waals surface area contributed by atoms with Gasteiger partial charge in [0, 0.05) is 21.7 Å². The van der Waals surface area contributed by atoms with E-state index in [1.807, 2.05) is 30.0 Å². The van der Waals surface area contributed by atoms with Gasteiger partial charge in [0.1, 0.15) is 5.75 Å². The number of carbonyl (C=O) groups excluding carboxylic acids is 1. The van der Waals surface area contributed by atoms with Gasteiger partial charge >= 0.3 is 0 Å². The summed E-state index contributed by atoms with van der Waals surface area (Å²) in [4.78, 5) is 16.2. The molecule has 0 radical (unpaired) electrons. The number of carbonyl (C=O) groups is 1. The standard InChI is InChI=1S/C22H24N2O2S/c1-5-26-14-10-15-13(2)12-21(3,4)24-19(15)16(11-14)22(20(24)25)23-17-8-6-7-9-18(17)27-22/h6-11,13,23H,5,12H2,1-4H3/t13-,22+/m0/s1. The van der Waals surface area contributed by atoms with E-state index in [1.54, 1.807) is 11.8 Å². The van der Waals surface area contributed by atoms with Crippen LogP contribution in [-0.2, 0) is 9.67 Å². The molecular formula is C22H24N2O2S. The van der Waals surface area contributed by atoms with Crippen molar-refractivity contribution in [3.05, 3.63) is 47.5 Å². The van der Waals surface area contributed by atoms with Crippen LogP contribution in [-0.4, -0.2) is 18.1 Å². The van der Waals surface area contributed by atoms with Gasteiger partial charge in [-0.1, -0.05) is 30.8 Å². The van der Waals surface area contributed by atoms with Crippen molar-refractivity contribution in [2.75, 3.05) is 16.8 Å². The van der Waals surface area contributed by atoms with Crippen LogP contribution in [0.3, 0.4) is 0 Å². The maximum atomic E-state index is 13.9. The van der Waals surface area contributed by atoms with E-state index in [4.69, 9.17) is 4.74 Å². The Kier molecular flexibility index (Phi) is 3.43. The van der Waals surface area contributed by atoms with E-state index < -0.39 is 4.87 Å². The van der Waals surface area contributed by atoms with Crippen LogP contribution in [0.5, 0.6) is 5.75 Å². The normalized spacial score (nSPS) is 26.7. The van der Waals surface area contributed by atoms with Crippen LogP contribution in [0.25, 0.3) is 0 Å². The van der Waals surface area contributed by atoms with Crippen molar-refractivity contribution >= 4 is 29.0 Å². The predicted octanol–water partition coefficient (Wildman–Crippen LogP) is 5.09. The van der Waals surface area contributed by atoms with Gasteiger partial charge in [-0.15, -0.1) is 0 Å². The number of amides is 1. The summed E-state index contributed by atoms with van der Waals surface area (Å²) in [6, 6.07) is 12.4. The molecule has 2 atom stereocenters. The van der Waals surface area contributed by atoms with Gasteiger partial charge < -0.3 is 15.0 Å². The Morgan fingerprint density at radius 2 is 2.07 bits per heavy atom. The number of para-hydroxylation sites is 1. The molecule has 0 saturated heterocycles. The van der Waals surface area contributed by atoms with Gasteiger partial charge in [-0.3, -0.25) is 4.79 Å². The number of hydrogen-bond donors (Lipinski definition) is 1. The third-order valence-electron chi connectivity index (χ3n) is 5.93. The number of benzene rings is 2. The largest absolute Gasteiger partial charge is 0.494 e. The Labute approximate surface area is 164 Å². The average molecular weight is 381 g/mol. The molecule has 3 aliphatic heterocycles. The van der Waals surface area contributed by atoms with Gasteiger partial charge in [-0.05, 0) is 62.9 Å². The number of thioether (sulfide) groups is 1. The first kappa shape index (κ1) is 17.0. The number of fused-ring (bicyclic) bond motifs is 2. The molecule has 1 spiro atoms. The van der Waals surface area contributed by atoms with E-state index in [1.165, 1.54) is 5.56 Å². The molecule has 5 heteroatoms. The molecule has 0 aliphatic carbocycles. The lowest BCUT2D eigenvalue weighted by Crippen LogP contribution is -2.53. The fraction of sp³-hybridized carbons (Fsp3) is 0.409. The first-order valence-corrected chi connectivity index (χ1v) is 10.4. The van der Waals surface area contributed by atoms with E-state index >= 15 is 0 Å². The molecule has 2 aromatic rings. The summed E-state index contributed by atoms with van der Waals surface area (Å²) in [5.41, 5.74) is 4.15. The maximum absolute atomic E-state index is 13.9. The molecule has 140 valence electrons. The van der Waals surface area contributed by atoms with Gasteiger partial charge in [0.2, 0.25) is 0 Å². The Balaban J connectivity index is 1.77. The fourth-order valence-corrected chi connectivity index (χ4v) is 6.24. The summed E-state index contributed by atoms with van der Waals surface area (Å²) in [7, 11) is 0. The molecule has 0 fully saturated rings. The van der Waals surface area contributed by atoms with Crippen LogP contribution in [0.2, 0.25) is 0 Å². The summed E-state index contributed by atoms with van der Waals surface area (Å²) in [5, 5.41) is 3.57. The summed E-state index contributed by atoms with van der Waals surface area (Å²) in [6.45, 7) is 9.22. The molecule has 5 rings (SSSR count). The van der Waals surface area contributed by atoms with Crippen LogP contribution in [0.15, 0.2) is 41.3 Å². The van der Waals surface area contributed by atoms with E-state index in [0.29, 0.717) is 12.5 Å². The molecule has 0 unspecified atom stereocenters. The molecular weight excluding hydrogens is 356 g/mol. The molecule has 1 N–H and O–H groups in total. The van der Waals surface area contributed by atoms with E-state index in [0.717, 1.165) is 34.0 Å². The second-order valence-corrected chi connectivity index (χ2v) is 9.56. The second kappa shape index (κ2) is 5.44. The monoisotopic (exact) mass is 380 g/mol. The molecule has 27 heavy (non-hydrogen) atoms. The Hall–Kier alpha value is -2.14. The van der Waals surface area contributed by atoms with E-state index in [9.17, 15) is 4.79 Å². The lowest BCUT2D eigenvalue weighted by atomic mass is 9.80. The molecule has 0 saturated carbocycles. The third kappa shape index (κ3) is 2.15. The third-order valence-corrected chi connectivity index (χ3v) is 7.31. The average Bonchev–Trinajstić information content (AvgIpc) is 3.11. The smallest absolute Gasteiger partial charge is 0.268 e. The van der Waals surface area contributed by atoms with Crippen molar-refractivity contribution in [1.82, 2.24) is 0 Å². The Morgan fingerprint density at radius 1 is 1.30 bits per heavy atom. The van der Waals surface area contributed by atoms with E-state index in [-0.39, 0.29) is 11.4 Å². The summed E-state index contributed by atoms with van der Waals surface area (Å²) in [6.07, 6.45) is 0.939. The molecule has 1 amide bonds. The fourth-order valence-electron chi connectivity index (χ4n) is 4.93. The van der Waals surface area contributed by atoms with Crippen LogP contribution < -0.4 is 15.0 Å². The van der Waals surface area contributed by atoms with Crippen molar-refractivity contribution in [2.45, 2.75) is 55.3 Å². The first-order chi connectivity index (χ1) is 12.9. The minimum Gasteiger partial charge on any atom is -0.494 e. The number of nitrogens with one attached hydrogen (secondary N) is 1. The van der Waals surface area contributed by atoms with Gasteiger partial charge in [-0.25, -0.2) is 0 Å². The number of rotatable bonds is 2. The predicted molar refractivity (Wildman–Crippen MR) is 110 cm³/mol. The minimum absolute atomic E-state index is 0.130. The zero-order chi connectivity index (χ0) is 19.0. The number of anilines is 2. The second-order valence-electron chi connectivity index (χ2n) is 8.30. The lowest BCUT2D eigenvalue weighted by Gasteiger charge is -2.44. The van der Waals surface area contributed by atoms with Crippen LogP contribution in [0.1, 0.15) is 51.2 Å². The van der Waals surface area contributed by atoms with Crippen molar-refractivity contribution < 1.29 is 9.53 Å². The number of ether oxygens (including phenoxy) is 1. The highest BCUT2D eigenvalue weighted by molar-refractivity contribution is 8.01. The highest BCUT2D eigenvalue weighted by Crippen LogP contribution is 2.62. The molecule has 0 bridgehead atoms. The van der Waals surface area contributed by atoms with Crippen molar-refractivity contribution in [3.63, 3.8) is 0 Å². The Morgan fingerprint density at radius 3 is 2.81 bits per heavy atom. The zero-order valence-corrected chi connectivity index (χ0v) is 16.9. The zero-order valence-electron chi connectivity index (χ0n) is 16.1. The topological polar surface area (TPSA) is 41.6 Å². The quantitative estimate of drug-likeness (QED) is 0.788. The molecule has 4 nitrogen and oxygen atoms in total. The van der Waals surface area contributed by atoms with Crippen LogP contribution in [0, 0.1) is 0 Å². The van der Waals surface area contributed by atoms with Gasteiger partial charge in [0.05, 0.1) is 12.3 Å². The highest BCUT2D eigenvalue weighted by atomic mass is 32.2. The first-order valence-electron chi connectivity index (χ1n) is 9.59. The van der Waals surface area contributed by atoms with Crippen LogP contribution >= 0.6 is 11.8 Å². The summed E-state index contributed by atoms with van der Waals surface area (Å²) in [5.74, 6) is 1.36. The van der Waals surface area contributed by atoms with Gasteiger partial charge in [-0.2, -0.15) is 0 Å². The molecule has 3 heterocycles.